The van der Waals surface area contributed by atoms with Crippen LogP contribution < -0.4 is 15.2 Å². The number of halogens is 1. The molecule has 1 aromatic carbocycles. The smallest absolute Gasteiger partial charge is 0.312 e. The van der Waals surface area contributed by atoms with E-state index in [0.29, 0.717) is 22.1 Å². The van der Waals surface area contributed by atoms with Gasteiger partial charge in [-0.2, -0.15) is 0 Å². The summed E-state index contributed by atoms with van der Waals surface area (Å²) in [6, 6.07) is 3.30. The van der Waals surface area contributed by atoms with Crippen molar-refractivity contribution in [2.45, 2.75) is 37.7 Å². The molecule has 0 bridgehead atoms. The normalized spacial score (nSPS) is 16.7. The predicted octanol–water partition coefficient (Wildman–Crippen LogP) is 2.80. The minimum Gasteiger partial charge on any atom is -0.493 e. The molecule has 3 N–H and O–H groups in total. The van der Waals surface area contributed by atoms with Crippen molar-refractivity contribution in [1.82, 2.24) is 0 Å². The molecule has 1 saturated carbocycles. The minimum absolute atomic E-state index is 0.0523. The number of ether oxygens (including phenoxy) is 2. The minimum atomic E-state index is -1.02. The van der Waals surface area contributed by atoms with Crippen LogP contribution in [0.25, 0.3) is 0 Å². The lowest BCUT2D eigenvalue weighted by Gasteiger charge is -2.22. The highest BCUT2D eigenvalue weighted by molar-refractivity contribution is 6.32. The Labute approximate surface area is 129 Å². The van der Waals surface area contributed by atoms with Gasteiger partial charge in [-0.3, -0.25) is 4.79 Å². The second-order valence-electron chi connectivity index (χ2n) is 5.14. The lowest BCUT2D eigenvalue weighted by Crippen LogP contribution is -2.23. The lowest BCUT2D eigenvalue weighted by molar-refractivity contribution is -0.138. The fraction of sp³-hybridized carbons (Fsp3) is 0.533. The van der Waals surface area contributed by atoms with Crippen LogP contribution in [0.2, 0.25) is 5.02 Å². The quantitative estimate of drug-likeness (QED) is 0.844. The summed E-state index contributed by atoms with van der Waals surface area (Å²) in [6.07, 6.45) is 4.21. The van der Waals surface area contributed by atoms with E-state index in [4.69, 9.17) is 26.8 Å². The number of carboxylic acids is 1. The lowest BCUT2D eigenvalue weighted by atomic mass is 9.97. The molecule has 2 rings (SSSR count). The summed E-state index contributed by atoms with van der Waals surface area (Å²) in [7, 11) is 1.52. The zero-order valence-corrected chi connectivity index (χ0v) is 12.7. The Kier molecular flexibility index (Phi) is 5.31. The first-order valence-electron chi connectivity index (χ1n) is 7.04. The number of carboxylic acid groups (broad SMARTS) is 1. The third-order valence-corrected chi connectivity index (χ3v) is 4.13. The Balaban J connectivity index is 2.46. The van der Waals surface area contributed by atoms with Gasteiger partial charge in [0.05, 0.1) is 19.1 Å². The van der Waals surface area contributed by atoms with Crippen molar-refractivity contribution in [2.75, 3.05) is 13.7 Å². The van der Waals surface area contributed by atoms with Crippen molar-refractivity contribution >= 4 is 17.6 Å². The van der Waals surface area contributed by atoms with Crippen LogP contribution in [-0.4, -0.2) is 30.8 Å². The average Bonchev–Trinajstić information content (AvgIpc) is 2.95. The molecule has 1 unspecified atom stereocenters. The molecule has 1 aliphatic carbocycles. The van der Waals surface area contributed by atoms with E-state index in [1.165, 1.54) is 7.11 Å². The SMILES string of the molecule is COc1ccc(Cl)c(C(CN)C(=O)O)c1OC1CCCC1. The number of hydrogen-bond acceptors (Lipinski definition) is 4. The van der Waals surface area contributed by atoms with Gasteiger partial charge in [0.2, 0.25) is 0 Å². The maximum Gasteiger partial charge on any atom is 0.312 e. The summed E-state index contributed by atoms with van der Waals surface area (Å²) < 4.78 is 11.3. The number of methoxy groups -OCH3 is 1. The maximum atomic E-state index is 11.4. The first-order chi connectivity index (χ1) is 10.1. The third-order valence-electron chi connectivity index (χ3n) is 3.80. The van der Waals surface area contributed by atoms with Gasteiger partial charge in [-0.15, -0.1) is 0 Å². The average molecular weight is 314 g/mol. The van der Waals surface area contributed by atoms with Gasteiger partial charge in [-0.05, 0) is 37.8 Å². The van der Waals surface area contributed by atoms with Gasteiger partial charge in [-0.1, -0.05) is 11.6 Å². The predicted molar refractivity (Wildman–Crippen MR) is 80.3 cm³/mol. The molecule has 0 aromatic heterocycles. The van der Waals surface area contributed by atoms with Crippen LogP contribution in [0.1, 0.15) is 37.2 Å². The number of rotatable bonds is 6. The Bertz CT molecular complexity index is 515. The van der Waals surface area contributed by atoms with Crippen molar-refractivity contribution in [3.05, 3.63) is 22.7 Å². The maximum absolute atomic E-state index is 11.4. The van der Waals surface area contributed by atoms with Crippen molar-refractivity contribution in [1.29, 1.82) is 0 Å². The van der Waals surface area contributed by atoms with Crippen molar-refractivity contribution in [3.63, 3.8) is 0 Å². The molecule has 21 heavy (non-hydrogen) atoms. The van der Waals surface area contributed by atoms with Gasteiger partial charge in [0, 0.05) is 17.1 Å². The second kappa shape index (κ2) is 7.00. The van der Waals surface area contributed by atoms with Gasteiger partial charge in [0.1, 0.15) is 0 Å². The highest BCUT2D eigenvalue weighted by Crippen LogP contribution is 2.42. The van der Waals surface area contributed by atoms with Crippen LogP contribution in [0.15, 0.2) is 12.1 Å². The van der Waals surface area contributed by atoms with E-state index in [0.717, 1.165) is 25.7 Å². The van der Waals surface area contributed by atoms with Gasteiger partial charge < -0.3 is 20.3 Å². The fourth-order valence-electron chi connectivity index (χ4n) is 2.68. The Morgan fingerprint density at radius 2 is 2.14 bits per heavy atom. The molecule has 6 heteroatoms. The molecule has 0 aliphatic heterocycles. The number of aliphatic carboxylic acids is 1. The van der Waals surface area contributed by atoms with E-state index in [-0.39, 0.29) is 12.6 Å². The first kappa shape index (κ1) is 15.9. The second-order valence-corrected chi connectivity index (χ2v) is 5.55. The van der Waals surface area contributed by atoms with E-state index >= 15 is 0 Å². The van der Waals surface area contributed by atoms with E-state index in [9.17, 15) is 9.90 Å². The van der Waals surface area contributed by atoms with E-state index < -0.39 is 11.9 Å². The van der Waals surface area contributed by atoms with Crippen molar-refractivity contribution < 1.29 is 19.4 Å². The largest absolute Gasteiger partial charge is 0.493 e. The molecule has 1 fully saturated rings. The third kappa shape index (κ3) is 3.41. The summed E-state index contributed by atoms with van der Waals surface area (Å²) in [5.74, 6) is -1.04. The fourth-order valence-corrected chi connectivity index (χ4v) is 2.96. The first-order valence-corrected chi connectivity index (χ1v) is 7.42. The van der Waals surface area contributed by atoms with Crippen LogP contribution in [0.5, 0.6) is 11.5 Å². The Morgan fingerprint density at radius 1 is 1.48 bits per heavy atom. The zero-order valence-electron chi connectivity index (χ0n) is 12.0. The molecule has 116 valence electrons. The molecular formula is C15H20ClNO4. The van der Waals surface area contributed by atoms with Crippen LogP contribution in [0, 0.1) is 0 Å². The molecule has 0 saturated heterocycles. The van der Waals surface area contributed by atoms with Gasteiger partial charge in [0.15, 0.2) is 11.5 Å². The summed E-state index contributed by atoms with van der Waals surface area (Å²) in [5.41, 5.74) is 6.01. The molecule has 0 radical (unpaired) electrons. The number of hydrogen-bond donors (Lipinski definition) is 2. The molecule has 1 atom stereocenters. The highest BCUT2D eigenvalue weighted by Gasteiger charge is 2.29. The topological polar surface area (TPSA) is 81.8 Å². The molecule has 0 amide bonds. The summed E-state index contributed by atoms with van der Waals surface area (Å²) in [6.45, 7) is -0.0523. The Hall–Kier alpha value is -1.46. The van der Waals surface area contributed by atoms with Crippen LogP contribution in [0.3, 0.4) is 0 Å². The molecule has 1 aromatic rings. The highest BCUT2D eigenvalue weighted by atomic mass is 35.5. The summed E-state index contributed by atoms with van der Waals surface area (Å²) in [5, 5.41) is 9.70. The van der Waals surface area contributed by atoms with Gasteiger partial charge in [0.25, 0.3) is 0 Å². The van der Waals surface area contributed by atoms with Crippen LogP contribution in [0.4, 0.5) is 0 Å². The Morgan fingerprint density at radius 3 is 2.67 bits per heavy atom. The summed E-state index contributed by atoms with van der Waals surface area (Å²) in [4.78, 5) is 11.4. The van der Waals surface area contributed by atoms with Crippen LogP contribution >= 0.6 is 11.6 Å². The molecule has 1 aliphatic rings. The van der Waals surface area contributed by atoms with E-state index in [1.54, 1.807) is 12.1 Å². The van der Waals surface area contributed by atoms with Crippen molar-refractivity contribution in [3.8, 4) is 11.5 Å². The van der Waals surface area contributed by atoms with Crippen LogP contribution in [-0.2, 0) is 4.79 Å². The van der Waals surface area contributed by atoms with Gasteiger partial charge in [-0.25, -0.2) is 0 Å². The standard InChI is InChI=1S/C15H20ClNO4/c1-20-12-7-6-11(16)13(10(8-17)15(18)19)14(12)21-9-4-2-3-5-9/h6-7,9-10H,2-5,8,17H2,1H3,(H,18,19). The van der Waals surface area contributed by atoms with E-state index in [1.807, 2.05) is 0 Å². The molecule has 5 nitrogen and oxygen atoms in total. The molecular weight excluding hydrogens is 294 g/mol. The monoisotopic (exact) mass is 313 g/mol. The van der Waals surface area contributed by atoms with Crippen molar-refractivity contribution in [2.24, 2.45) is 5.73 Å². The van der Waals surface area contributed by atoms with Gasteiger partial charge >= 0.3 is 5.97 Å². The summed E-state index contributed by atoms with van der Waals surface area (Å²) >= 11 is 6.21. The number of nitrogens with two attached hydrogens (primary N) is 1. The molecule has 0 heterocycles. The zero-order chi connectivity index (χ0) is 15.4. The number of benzene rings is 1. The molecule has 0 spiro atoms. The van der Waals surface area contributed by atoms with E-state index in [2.05, 4.69) is 0 Å². The number of carbonyl (C=O) groups is 1.